The van der Waals surface area contributed by atoms with Gasteiger partial charge in [0, 0.05) is 18.7 Å². The summed E-state index contributed by atoms with van der Waals surface area (Å²) in [7, 11) is 1.57. The number of hydrogen-bond donors (Lipinski definition) is 3. The normalized spacial score (nSPS) is 12.4. The third-order valence-corrected chi connectivity index (χ3v) is 3.28. The molecule has 0 aliphatic heterocycles. The number of carbonyl (C=O) groups is 2. The van der Waals surface area contributed by atoms with E-state index in [0.29, 0.717) is 24.4 Å². The summed E-state index contributed by atoms with van der Waals surface area (Å²) in [4.78, 5) is 23.7. The Morgan fingerprint density at radius 1 is 1.14 bits per heavy atom. The van der Waals surface area contributed by atoms with Crippen LogP contribution in [0.1, 0.15) is 31.1 Å². The number of amides is 2. The molecule has 0 saturated carbocycles. The zero-order valence-electron chi connectivity index (χ0n) is 13.6. The Morgan fingerprint density at radius 3 is 2.18 bits per heavy atom. The van der Waals surface area contributed by atoms with E-state index in [1.54, 1.807) is 31.4 Å². The van der Waals surface area contributed by atoms with Crippen LogP contribution in [-0.2, 0) is 4.79 Å². The summed E-state index contributed by atoms with van der Waals surface area (Å²) >= 11 is 0. The molecule has 0 saturated heterocycles. The van der Waals surface area contributed by atoms with E-state index in [0.717, 1.165) is 0 Å². The lowest BCUT2D eigenvalue weighted by Crippen LogP contribution is -2.49. The first kappa shape index (κ1) is 18.0. The minimum atomic E-state index is -0.579. The largest absolute Gasteiger partial charge is 0.497 e. The molecule has 0 aliphatic rings. The molecule has 0 aromatic heterocycles. The molecule has 122 valence electrons. The van der Waals surface area contributed by atoms with Crippen molar-refractivity contribution in [1.82, 2.24) is 10.6 Å². The number of methoxy groups -OCH3 is 1. The molecular weight excluding hydrogens is 282 g/mol. The molecule has 1 aromatic carbocycles. The van der Waals surface area contributed by atoms with Crippen LogP contribution >= 0.6 is 0 Å². The van der Waals surface area contributed by atoms with Crippen molar-refractivity contribution in [3.63, 3.8) is 0 Å². The molecule has 1 aromatic rings. The fourth-order valence-electron chi connectivity index (χ4n) is 1.71. The number of ether oxygens (including phenoxy) is 1. The molecule has 22 heavy (non-hydrogen) atoms. The summed E-state index contributed by atoms with van der Waals surface area (Å²) in [5, 5.41) is 5.45. The van der Waals surface area contributed by atoms with Crippen molar-refractivity contribution in [3.05, 3.63) is 29.8 Å². The van der Waals surface area contributed by atoms with Crippen LogP contribution in [0.3, 0.4) is 0 Å². The molecule has 0 aliphatic carbocycles. The Morgan fingerprint density at radius 2 is 1.68 bits per heavy atom. The van der Waals surface area contributed by atoms with Crippen LogP contribution in [0.2, 0.25) is 0 Å². The van der Waals surface area contributed by atoms with E-state index in [2.05, 4.69) is 10.6 Å². The third kappa shape index (κ3) is 5.37. The van der Waals surface area contributed by atoms with Crippen molar-refractivity contribution in [1.29, 1.82) is 0 Å². The predicted molar refractivity (Wildman–Crippen MR) is 85.8 cm³/mol. The van der Waals surface area contributed by atoms with Gasteiger partial charge in [-0.3, -0.25) is 9.59 Å². The van der Waals surface area contributed by atoms with Gasteiger partial charge < -0.3 is 21.1 Å². The van der Waals surface area contributed by atoms with Crippen molar-refractivity contribution >= 4 is 11.8 Å². The second kappa shape index (κ2) is 7.79. The van der Waals surface area contributed by atoms with Crippen LogP contribution in [-0.4, -0.2) is 38.1 Å². The zero-order valence-corrected chi connectivity index (χ0v) is 13.6. The van der Waals surface area contributed by atoms with E-state index in [9.17, 15) is 9.59 Å². The molecule has 1 rings (SSSR count). The van der Waals surface area contributed by atoms with E-state index >= 15 is 0 Å². The Hall–Kier alpha value is -2.08. The molecule has 0 fully saturated rings. The summed E-state index contributed by atoms with van der Waals surface area (Å²) in [6.07, 6.45) is 0. The van der Waals surface area contributed by atoms with E-state index in [1.807, 2.05) is 20.8 Å². The Labute approximate surface area is 131 Å². The first-order valence-corrected chi connectivity index (χ1v) is 7.21. The van der Waals surface area contributed by atoms with Gasteiger partial charge in [0.15, 0.2) is 0 Å². The quantitative estimate of drug-likeness (QED) is 0.681. The second-order valence-corrected chi connectivity index (χ2v) is 6.12. The van der Waals surface area contributed by atoms with E-state index in [1.165, 1.54) is 0 Å². The Kier molecular flexibility index (Phi) is 6.37. The molecule has 1 atom stereocenters. The summed E-state index contributed by atoms with van der Waals surface area (Å²) in [5.41, 5.74) is 6.09. The van der Waals surface area contributed by atoms with Crippen LogP contribution in [0.4, 0.5) is 0 Å². The maximum Gasteiger partial charge on any atom is 0.251 e. The fraction of sp³-hybridized carbons (Fsp3) is 0.500. The number of rotatable bonds is 6. The third-order valence-electron chi connectivity index (χ3n) is 3.28. The van der Waals surface area contributed by atoms with Gasteiger partial charge >= 0.3 is 0 Å². The minimum absolute atomic E-state index is 0.197. The van der Waals surface area contributed by atoms with Gasteiger partial charge in [-0.2, -0.15) is 0 Å². The first-order valence-electron chi connectivity index (χ1n) is 7.21. The lowest BCUT2D eigenvalue weighted by molar-refractivity contribution is -0.124. The highest BCUT2D eigenvalue weighted by atomic mass is 16.5. The van der Waals surface area contributed by atoms with Crippen LogP contribution in [0.25, 0.3) is 0 Å². The van der Waals surface area contributed by atoms with Crippen molar-refractivity contribution < 1.29 is 14.3 Å². The number of benzene rings is 1. The van der Waals surface area contributed by atoms with Crippen molar-refractivity contribution in [2.24, 2.45) is 11.1 Å². The average Bonchev–Trinajstić information content (AvgIpc) is 2.49. The summed E-state index contributed by atoms with van der Waals surface area (Å²) in [5.74, 6) is 0.281. The zero-order chi connectivity index (χ0) is 16.8. The molecule has 6 nitrogen and oxygen atoms in total. The smallest absolute Gasteiger partial charge is 0.251 e. The van der Waals surface area contributed by atoms with Gasteiger partial charge in [0.2, 0.25) is 5.91 Å². The summed E-state index contributed by atoms with van der Waals surface area (Å²) in [6.45, 7) is 6.39. The van der Waals surface area contributed by atoms with Crippen LogP contribution < -0.4 is 21.1 Å². The predicted octanol–water partition coefficient (Wildman–Crippen LogP) is 0.915. The van der Waals surface area contributed by atoms with Gasteiger partial charge in [-0.15, -0.1) is 0 Å². The van der Waals surface area contributed by atoms with Crippen molar-refractivity contribution in [2.45, 2.75) is 26.8 Å². The van der Waals surface area contributed by atoms with Crippen LogP contribution in [0.5, 0.6) is 5.75 Å². The summed E-state index contributed by atoms with van der Waals surface area (Å²) in [6, 6.07) is 6.23. The highest BCUT2D eigenvalue weighted by Crippen LogP contribution is 2.16. The summed E-state index contributed by atoms with van der Waals surface area (Å²) < 4.78 is 5.03. The van der Waals surface area contributed by atoms with E-state index < -0.39 is 6.04 Å². The number of nitrogens with two attached hydrogens (primary N) is 1. The van der Waals surface area contributed by atoms with Crippen molar-refractivity contribution in [2.75, 3.05) is 20.2 Å². The van der Waals surface area contributed by atoms with Gasteiger partial charge in [-0.1, -0.05) is 20.8 Å². The van der Waals surface area contributed by atoms with Gasteiger partial charge in [0.25, 0.3) is 5.91 Å². The standard InChI is InChI=1S/C16H25N3O3/c1-16(2,3)13(17)15(21)19-10-9-18-14(20)11-5-7-12(22-4)8-6-11/h5-8,13H,9-10,17H2,1-4H3,(H,18,20)(H,19,21)/t13-/m1/s1. The molecule has 0 spiro atoms. The molecular formula is C16H25N3O3. The van der Waals surface area contributed by atoms with E-state index in [-0.39, 0.29) is 17.2 Å². The molecule has 2 amide bonds. The van der Waals surface area contributed by atoms with Crippen molar-refractivity contribution in [3.8, 4) is 5.75 Å². The lowest BCUT2D eigenvalue weighted by atomic mass is 9.87. The van der Waals surface area contributed by atoms with E-state index in [4.69, 9.17) is 10.5 Å². The number of carbonyl (C=O) groups excluding carboxylic acids is 2. The maximum absolute atomic E-state index is 11.9. The molecule has 6 heteroatoms. The molecule has 0 radical (unpaired) electrons. The Balaban J connectivity index is 2.35. The fourth-order valence-corrected chi connectivity index (χ4v) is 1.71. The number of nitrogens with one attached hydrogen (secondary N) is 2. The van der Waals surface area contributed by atoms with Crippen LogP contribution in [0, 0.1) is 5.41 Å². The molecule has 4 N–H and O–H groups in total. The SMILES string of the molecule is COc1ccc(C(=O)NCCNC(=O)[C@@H](N)C(C)(C)C)cc1. The van der Waals surface area contributed by atoms with Gasteiger partial charge in [-0.25, -0.2) is 0 Å². The molecule has 0 bridgehead atoms. The highest BCUT2D eigenvalue weighted by molar-refractivity contribution is 5.94. The topological polar surface area (TPSA) is 93.5 Å². The molecule has 0 heterocycles. The van der Waals surface area contributed by atoms with Gasteiger partial charge in [0.05, 0.1) is 13.2 Å². The first-order chi connectivity index (χ1) is 10.3. The Bertz CT molecular complexity index is 506. The van der Waals surface area contributed by atoms with Gasteiger partial charge in [0.1, 0.15) is 5.75 Å². The lowest BCUT2D eigenvalue weighted by Gasteiger charge is -2.25. The maximum atomic E-state index is 11.9. The molecule has 0 unspecified atom stereocenters. The van der Waals surface area contributed by atoms with Gasteiger partial charge in [-0.05, 0) is 29.7 Å². The monoisotopic (exact) mass is 307 g/mol. The van der Waals surface area contributed by atoms with Crippen LogP contribution in [0.15, 0.2) is 24.3 Å². The number of hydrogen-bond acceptors (Lipinski definition) is 4. The highest BCUT2D eigenvalue weighted by Gasteiger charge is 2.26. The minimum Gasteiger partial charge on any atom is -0.497 e. The average molecular weight is 307 g/mol. The second-order valence-electron chi connectivity index (χ2n) is 6.12.